The molecule has 3 rings (SSSR count). The molecule has 0 spiro atoms. The quantitative estimate of drug-likeness (QED) is 0.742. The Balaban J connectivity index is 1.48. The lowest BCUT2D eigenvalue weighted by Crippen LogP contribution is -2.23. The van der Waals surface area contributed by atoms with Crippen molar-refractivity contribution < 1.29 is 13.7 Å². The number of hydrogen-bond acceptors (Lipinski definition) is 5. The number of thiophene rings is 1. The van der Waals surface area contributed by atoms with E-state index in [4.69, 9.17) is 4.52 Å². The van der Waals surface area contributed by atoms with Crippen LogP contribution in [0.15, 0.2) is 40.2 Å². The van der Waals surface area contributed by atoms with Gasteiger partial charge in [-0.1, -0.05) is 23.4 Å². The first-order valence-corrected chi connectivity index (χ1v) is 8.38. The van der Waals surface area contributed by atoms with Crippen LogP contribution < -0.4 is 5.32 Å². The molecular weight excluding hydrogens is 329 g/mol. The maximum Gasteiger partial charge on any atom is 0.227 e. The van der Waals surface area contributed by atoms with Gasteiger partial charge in [0.15, 0.2) is 0 Å². The molecule has 124 valence electrons. The van der Waals surface area contributed by atoms with E-state index in [-0.39, 0.29) is 18.1 Å². The fraction of sp³-hybridized carbons (Fsp3) is 0.235. The van der Waals surface area contributed by atoms with Gasteiger partial charge < -0.3 is 9.84 Å². The van der Waals surface area contributed by atoms with Crippen LogP contribution in [0.4, 0.5) is 4.39 Å². The molecular formula is C17H16FN3O2S. The lowest BCUT2D eigenvalue weighted by molar-refractivity contribution is -0.121. The Morgan fingerprint density at radius 1 is 1.38 bits per heavy atom. The van der Waals surface area contributed by atoms with Crippen LogP contribution in [0.2, 0.25) is 0 Å². The van der Waals surface area contributed by atoms with Crippen molar-refractivity contribution in [3.63, 3.8) is 0 Å². The van der Waals surface area contributed by atoms with E-state index in [1.54, 1.807) is 19.1 Å². The van der Waals surface area contributed by atoms with E-state index >= 15 is 0 Å². The summed E-state index contributed by atoms with van der Waals surface area (Å²) in [5, 5.41) is 8.65. The number of nitrogens with one attached hydrogen (secondary N) is 1. The standard InChI is InChI=1S/C17H16FN3O2S/c1-11-9-12(4-5-13(11)18)10-19-15(22)6-7-16-20-17(21-23-16)14-3-2-8-24-14/h2-5,8-9H,6-7,10H2,1H3,(H,19,22). The van der Waals surface area contributed by atoms with E-state index in [0.29, 0.717) is 30.2 Å². The van der Waals surface area contributed by atoms with Crippen LogP contribution in [-0.4, -0.2) is 16.0 Å². The van der Waals surface area contributed by atoms with E-state index in [1.807, 2.05) is 17.5 Å². The van der Waals surface area contributed by atoms with Crippen LogP contribution in [0.5, 0.6) is 0 Å². The highest BCUT2D eigenvalue weighted by Gasteiger charge is 2.11. The van der Waals surface area contributed by atoms with Crippen molar-refractivity contribution in [3.05, 3.63) is 58.5 Å². The lowest BCUT2D eigenvalue weighted by Gasteiger charge is -2.06. The molecule has 2 heterocycles. The monoisotopic (exact) mass is 345 g/mol. The molecule has 0 saturated carbocycles. The van der Waals surface area contributed by atoms with Gasteiger partial charge in [0.05, 0.1) is 4.88 Å². The number of benzene rings is 1. The van der Waals surface area contributed by atoms with Crippen molar-refractivity contribution >= 4 is 17.2 Å². The fourth-order valence-electron chi connectivity index (χ4n) is 2.19. The summed E-state index contributed by atoms with van der Waals surface area (Å²) >= 11 is 1.53. The van der Waals surface area contributed by atoms with Crippen molar-refractivity contribution in [2.24, 2.45) is 0 Å². The molecule has 1 aromatic carbocycles. The molecule has 3 aromatic rings. The van der Waals surface area contributed by atoms with Gasteiger partial charge in [-0.25, -0.2) is 4.39 Å². The smallest absolute Gasteiger partial charge is 0.227 e. The Labute approximate surface area is 142 Å². The first-order chi connectivity index (χ1) is 11.6. The summed E-state index contributed by atoms with van der Waals surface area (Å²) < 4.78 is 18.4. The maximum absolute atomic E-state index is 13.2. The Hall–Kier alpha value is -2.54. The molecule has 1 N–H and O–H groups in total. The Morgan fingerprint density at radius 2 is 2.25 bits per heavy atom. The van der Waals surface area contributed by atoms with Crippen molar-refractivity contribution in [3.8, 4) is 10.7 Å². The first-order valence-electron chi connectivity index (χ1n) is 7.50. The van der Waals surface area contributed by atoms with E-state index in [9.17, 15) is 9.18 Å². The molecule has 5 nitrogen and oxygen atoms in total. The van der Waals surface area contributed by atoms with Gasteiger partial charge in [0.1, 0.15) is 5.82 Å². The topological polar surface area (TPSA) is 68.0 Å². The van der Waals surface area contributed by atoms with E-state index in [1.165, 1.54) is 17.4 Å². The zero-order valence-electron chi connectivity index (χ0n) is 13.1. The molecule has 24 heavy (non-hydrogen) atoms. The minimum atomic E-state index is -0.247. The normalized spacial score (nSPS) is 10.8. The molecule has 0 aliphatic rings. The molecule has 0 unspecified atom stereocenters. The minimum Gasteiger partial charge on any atom is -0.352 e. The molecule has 7 heteroatoms. The molecule has 0 atom stereocenters. The van der Waals surface area contributed by atoms with Crippen molar-refractivity contribution in [1.29, 1.82) is 0 Å². The number of amides is 1. The summed E-state index contributed by atoms with van der Waals surface area (Å²) in [5.74, 6) is 0.615. The van der Waals surface area contributed by atoms with Crippen LogP contribution in [0.1, 0.15) is 23.4 Å². The van der Waals surface area contributed by atoms with Gasteiger partial charge in [0, 0.05) is 19.4 Å². The van der Waals surface area contributed by atoms with E-state index in [0.717, 1.165) is 10.4 Å². The lowest BCUT2D eigenvalue weighted by atomic mass is 10.1. The van der Waals surface area contributed by atoms with Crippen molar-refractivity contribution in [2.45, 2.75) is 26.3 Å². The summed E-state index contributed by atoms with van der Waals surface area (Å²) in [6, 6.07) is 8.62. The summed E-state index contributed by atoms with van der Waals surface area (Å²) in [5.41, 5.74) is 1.42. The van der Waals surface area contributed by atoms with Gasteiger partial charge in [-0.3, -0.25) is 4.79 Å². The zero-order valence-corrected chi connectivity index (χ0v) is 13.9. The summed E-state index contributed by atoms with van der Waals surface area (Å²) in [7, 11) is 0. The highest BCUT2D eigenvalue weighted by atomic mass is 32.1. The number of carbonyl (C=O) groups is 1. The van der Waals surface area contributed by atoms with Crippen LogP contribution in [-0.2, 0) is 17.8 Å². The SMILES string of the molecule is Cc1cc(CNC(=O)CCc2nc(-c3cccs3)no2)ccc1F. The molecule has 1 amide bonds. The summed E-state index contributed by atoms with van der Waals surface area (Å²) in [4.78, 5) is 17.1. The Kier molecular flexibility index (Phi) is 5.00. The number of nitrogens with zero attached hydrogens (tertiary/aromatic N) is 2. The van der Waals surface area contributed by atoms with Crippen molar-refractivity contribution in [2.75, 3.05) is 0 Å². The predicted octanol–water partition coefficient (Wildman–Crippen LogP) is 3.49. The summed E-state index contributed by atoms with van der Waals surface area (Å²) in [6.45, 7) is 2.06. The van der Waals surface area contributed by atoms with Gasteiger partial charge >= 0.3 is 0 Å². The molecule has 0 fully saturated rings. The van der Waals surface area contributed by atoms with Crippen LogP contribution in [0.25, 0.3) is 10.7 Å². The Morgan fingerprint density at radius 3 is 3.00 bits per heavy atom. The van der Waals surface area contributed by atoms with Gasteiger partial charge in [0.25, 0.3) is 0 Å². The second kappa shape index (κ2) is 7.35. The molecule has 0 radical (unpaired) electrons. The van der Waals surface area contributed by atoms with Crippen LogP contribution in [0.3, 0.4) is 0 Å². The molecule has 0 bridgehead atoms. The van der Waals surface area contributed by atoms with Crippen molar-refractivity contribution in [1.82, 2.24) is 15.5 Å². The van der Waals surface area contributed by atoms with E-state index < -0.39 is 0 Å². The third-order valence-electron chi connectivity index (χ3n) is 3.49. The first kappa shape index (κ1) is 16.3. The summed E-state index contributed by atoms with van der Waals surface area (Å²) in [6.07, 6.45) is 0.638. The number of aryl methyl sites for hydroxylation is 2. The van der Waals surface area contributed by atoms with Gasteiger partial charge in [-0.2, -0.15) is 4.98 Å². The predicted molar refractivity (Wildman–Crippen MR) is 88.9 cm³/mol. The second-order valence-corrected chi connectivity index (χ2v) is 6.30. The third-order valence-corrected chi connectivity index (χ3v) is 4.35. The number of rotatable bonds is 6. The van der Waals surface area contributed by atoms with Crippen LogP contribution >= 0.6 is 11.3 Å². The number of halogens is 1. The maximum atomic E-state index is 13.2. The Bertz CT molecular complexity index is 830. The molecule has 0 saturated heterocycles. The highest BCUT2D eigenvalue weighted by Crippen LogP contribution is 2.21. The molecule has 0 aliphatic heterocycles. The fourth-order valence-corrected chi connectivity index (χ4v) is 2.84. The number of aromatic nitrogens is 2. The average Bonchev–Trinajstić information content (AvgIpc) is 3.25. The van der Waals surface area contributed by atoms with Gasteiger partial charge in [-0.05, 0) is 35.6 Å². The minimum absolute atomic E-state index is 0.118. The number of hydrogen-bond donors (Lipinski definition) is 1. The largest absolute Gasteiger partial charge is 0.352 e. The number of carbonyl (C=O) groups excluding carboxylic acids is 1. The third kappa shape index (κ3) is 4.05. The van der Waals surface area contributed by atoms with Gasteiger partial charge in [0.2, 0.25) is 17.6 Å². The van der Waals surface area contributed by atoms with Gasteiger partial charge in [-0.15, -0.1) is 11.3 Å². The molecule has 2 aromatic heterocycles. The average molecular weight is 345 g/mol. The highest BCUT2D eigenvalue weighted by molar-refractivity contribution is 7.13. The second-order valence-electron chi connectivity index (χ2n) is 5.35. The molecule has 0 aliphatic carbocycles. The van der Waals surface area contributed by atoms with E-state index in [2.05, 4.69) is 15.5 Å². The van der Waals surface area contributed by atoms with Crippen LogP contribution in [0, 0.1) is 12.7 Å². The zero-order chi connectivity index (χ0) is 16.9.